The molecule has 0 bridgehead atoms. The van der Waals surface area contributed by atoms with Gasteiger partial charge in [0.05, 0.1) is 0 Å². The summed E-state index contributed by atoms with van der Waals surface area (Å²) in [6, 6.07) is 0. The minimum Gasteiger partial charge on any atom is -0.481 e. The molecule has 0 atom stereocenters. The fourth-order valence-corrected chi connectivity index (χ4v) is 0.507. The number of Topliss-reactive ketones (excluding diaryl/α,β-unsaturated/α-hetero) is 1. The molecule has 0 fully saturated rings. The molecule has 0 heterocycles. The predicted octanol–water partition coefficient (Wildman–Crippen LogP) is 0.361. The minimum absolute atomic E-state index is 0.0347. The van der Waals surface area contributed by atoms with E-state index in [9.17, 15) is 19.2 Å². The van der Waals surface area contributed by atoms with Crippen molar-refractivity contribution in [3.8, 4) is 0 Å². The van der Waals surface area contributed by atoms with E-state index in [1.807, 2.05) is 0 Å². The van der Waals surface area contributed by atoms with Gasteiger partial charge >= 0.3 is 17.9 Å². The zero-order valence-corrected chi connectivity index (χ0v) is 9.77. The van der Waals surface area contributed by atoms with E-state index in [4.69, 9.17) is 15.3 Å². The first-order valence-electron chi connectivity index (χ1n) is 4.07. The molecule has 0 amide bonds. The molecule has 0 radical (unpaired) electrons. The topological polar surface area (TPSA) is 129 Å². The highest BCUT2D eigenvalue weighted by molar-refractivity contribution is 9.09. The van der Waals surface area contributed by atoms with E-state index < -0.39 is 23.7 Å². The van der Waals surface area contributed by atoms with E-state index >= 15 is 0 Å². The zero-order valence-electron chi connectivity index (χ0n) is 8.18. The molecule has 0 unspecified atom stereocenters. The maximum Gasteiger partial charge on any atom is 0.372 e. The van der Waals surface area contributed by atoms with Gasteiger partial charge in [0, 0.05) is 12.8 Å². The Morgan fingerprint density at radius 1 is 0.875 bits per heavy atom. The second kappa shape index (κ2) is 10.1. The molecular weight excluding hydrogens is 288 g/mol. The predicted molar refractivity (Wildman–Crippen MR) is 55.6 cm³/mol. The van der Waals surface area contributed by atoms with E-state index in [-0.39, 0.29) is 24.6 Å². The van der Waals surface area contributed by atoms with Crippen LogP contribution in [0.15, 0.2) is 0 Å². The summed E-state index contributed by atoms with van der Waals surface area (Å²) in [7, 11) is 0. The van der Waals surface area contributed by atoms with Crippen LogP contribution in [0.5, 0.6) is 0 Å². The Kier molecular flexibility index (Phi) is 10.7. The van der Waals surface area contributed by atoms with Crippen molar-refractivity contribution in [2.24, 2.45) is 0 Å². The lowest BCUT2D eigenvalue weighted by Gasteiger charge is -1.91. The van der Waals surface area contributed by atoms with Crippen LogP contribution in [0.4, 0.5) is 0 Å². The van der Waals surface area contributed by atoms with Crippen LogP contribution < -0.4 is 0 Å². The Balaban J connectivity index is 0. The van der Waals surface area contributed by atoms with Crippen molar-refractivity contribution in [1.82, 2.24) is 0 Å². The second-order valence-corrected chi connectivity index (χ2v) is 3.06. The normalized spacial score (nSPS) is 8.56. The largest absolute Gasteiger partial charge is 0.481 e. The maximum absolute atomic E-state index is 10.3. The molecule has 0 saturated carbocycles. The first-order chi connectivity index (χ1) is 7.31. The average Bonchev–Trinajstić information content (AvgIpc) is 2.17. The summed E-state index contributed by atoms with van der Waals surface area (Å²) in [4.78, 5) is 39.4. The van der Waals surface area contributed by atoms with Crippen LogP contribution in [0.2, 0.25) is 0 Å². The van der Waals surface area contributed by atoms with Crippen LogP contribution in [-0.4, -0.2) is 44.3 Å². The lowest BCUT2D eigenvalue weighted by Crippen LogP contribution is -2.12. The molecule has 3 N–H and O–H groups in total. The Bertz CT molecular complexity index is 274. The molecule has 0 aromatic heterocycles. The summed E-state index contributed by atoms with van der Waals surface area (Å²) in [6.45, 7) is 0. The third-order valence-electron chi connectivity index (χ3n) is 1.15. The van der Waals surface area contributed by atoms with Crippen LogP contribution in [-0.2, 0) is 19.2 Å². The molecule has 0 aliphatic heterocycles. The number of carbonyl (C=O) groups is 4. The smallest absolute Gasteiger partial charge is 0.372 e. The molecule has 0 saturated heterocycles. The molecule has 0 rings (SSSR count). The number of carboxylic acid groups (broad SMARTS) is 3. The summed E-state index contributed by atoms with van der Waals surface area (Å²) in [5, 5.41) is 23.9. The summed E-state index contributed by atoms with van der Waals surface area (Å²) in [6.07, 6.45) is -0.291. The standard InChI is InChI=1S/C6H8O5.C2H3BrO2/c7-4(6(10)11)2-1-3-5(8)9;3-1-2(4)5/h1-3H2,(H,8,9)(H,10,11);1H2,(H,4,5). The third kappa shape index (κ3) is 15.1. The first kappa shape index (κ1) is 17.0. The first-order valence-corrected chi connectivity index (χ1v) is 5.19. The molecule has 16 heavy (non-hydrogen) atoms. The molecule has 8 heteroatoms. The van der Waals surface area contributed by atoms with Gasteiger partial charge in [-0.15, -0.1) is 0 Å². The summed E-state index contributed by atoms with van der Waals surface area (Å²) >= 11 is 2.71. The van der Waals surface area contributed by atoms with Gasteiger partial charge < -0.3 is 15.3 Å². The van der Waals surface area contributed by atoms with Crippen molar-refractivity contribution in [2.45, 2.75) is 19.3 Å². The monoisotopic (exact) mass is 298 g/mol. The number of hydrogen-bond acceptors (Lipinski definition) is 4. The van der Waals surface area contributed by atoms with E-state index in [0.717, 1.165) is 0 Å². The van der Waals surface area contributed by atoms with Gasteiger partial charge in [0.15, 0.2) is 0 Å². The Labute approximate surface area is 99.2 Å². The number of carboxylic acids is 3. The lowest BCUT2D eigenvalue weighted by molar-refractivity contribution is -0.149. The Hall–Kier alpha value is -1.44. The van der Waals surface area contributed by atoms with E-state index in [2.05, 4.69) is 15.9 Å². The van der Waals surface area contributed by atoms with Crippen LogP contribution >= 0.6 is 15.9 Å². The number of halogens is 1. The van der Waals surface area contributed by atoms with Gasteiger partial charge in [-0.1, -0.05) is 15.9 Å². The number of carbonyl (C=O) groups excluding carboxylic acids is 1. The van der Waals surface area contributed by atoms with Crippen LogP contribution in [0.3, 0.4) is 0 Å². The highest BCUT2D eigenvalue weighted by Gasteiger charge is 2.10. The summed E-state index contributed by atoms with van der Waals surface area (Å²) in [5.41, 5.74) is 0. The average molecular weight is 299 g/mol. The molecule has 0 aromatic carbocycles. The minimum atomic E-state index is -1.50. The molecule has 0 aromatic rings. The molecular formula is C8H11BrO7. The Morgan fingerprint density at radius 2 is 1.31 bits per heavy atom. The van der Waals surface area contributed by atoms with Crippen molar-refractivity contribution in [1.29, 1.82) is 0 Å². The highest BCUT2D eigenvalue weighted by atomic mass is 79.9. The Morgan fingerprint density at radius 3 is 1.56 bits per heavy atom. The maximum atomic E-state index is 10.3. The van der Waals surface area contributed by atoms with Gasteiger partial charge in [0.25, 0.3) is 0 Å². The van der Waals surface area contributed by atoms with Crippen molar-refractivity contribution in [3.05, 3.63) is 0 Å². The number of rotatable bonds is 6. The number of ketones is 1. The summed E-state index contributed by atoms with van der Waals surface area (Å²) in [5.74, 6) is -4.30. The van der Waals surface area contributed by atoms with Gasteiger partial charge in [-0.25, -0.2) is 4.79 Å². The third-order valence-corrected chi connectivity index (χ3v) is 1.63. The zero-order chi connectivity index (χ0) is 13.1. The van der Waals surface area contributed by atoms with E-state index in [1.54, 1.807) is 0 Å². The fourth-order valence-electron chi connectivity index (χ4n) is 0.507. The molecule has 0 aliphatic carbocycles. The van der Waals surface area contributed by atoms with Crippen LogP contribution in [0.25, 0.3) is 0 Å². The second-order valence-electron chi connectivity index (χ2n) is 2.50. The molecule has 7 nitrogen and oxygen atoms in total. The number of hydrogen-bond donors (Lipinski definition) is 3. The number of alkyl halides is 1. The molecule has 92 valence electrons. The van der Waals surface area contributed by atoms with Crippen LogP contribution in [0.1, 0.15) is 19.3 Å². The highest BCUT2D eigenvalue weighted by Crippen LogP contribution is 1.96. The van der Waals surface area contributed by atoms with Crippen LogP contribution in [0, 0.1) is 0 Å². The van der Waals surface area contributed by atoms with E-state index in [1.165, 1.54) is 0 Å². The van der Waals surface area contributed by atoms with E-state index in [0.29, 0.717) is 0 Å². The SMILES string of the molecule is O=C(O)CBr.O=C(O)CCCC(=O)C(=O)O. The fraction of sp³-hybridized carbons (Fsp3) is 0.500. The van der Waals surface area contributed by atoms with Gasteiger partial charge in [-0.05, 0) is 6.42 Å². The summed E-state index contributed by atoms with van der Waals surface area (Å²) < 4.78 is 0. The number of aliphatic carboxylic acids is 3. The van der Waals surface area contributed by atoms with Gasteiger partial charge in [-0.2, -0.15) is 0 Å². The van der Waals surface area contributed by atoms with Crippen molar-refractivity contribution >= 4 is 39.6 Å². The quantitative estimate of drug-likeness (QED) is 0.477. The van der Waals surface area contributed by atoms with Gasteiger partial charge in [0.2, 0.25) is 5.78 Å². The van der Waals surface area contributed by atoms with Crippen molar-refractivity contribution < 1.29 is 34.5 Å². The van der Waals surface area contributed by atoms with Crippen molar-refractivity contribution in [3.63, 3.8) is 0 Å². The van der Waals surface area contributed by atoms with Gasteiger partial charge in [0.1, 0.15) is 5.33 Å². The van der Waals surface area contributed by atoms with Gasteiger partial charge in [-0.3, -0.25) is 14.4 Å². The molecule has 0 spiro atoms. The van der Waals surface area contributed by atoms with Crippen molar-refractivity contribution in [2.75, 3.05) is 5.33 Å². The lowest BCUT2D eigenvalue weighted by atomic mass is 10.2. The molecule has 0 aliphatic rings.